The maximum Gasteiger partial charge on any atom is 0.266 e. The van der Waals surface area contributed by atoms with Crippen LogP contribution in [0.25, 0.3) is 11.3 Å². The third kappa shape index (κ3) is 3.52. The van der Waals surface area contributed by atoms with Crippen molar-refractivity contribution in [3.63, 3.8) is 0 Å². The number of nitriles is 1. The number of thiol groups is 1. The minimum absolute atomic E-state index is 0.0953. The van der Waals surface area contributed by atoms with Crippen molar-refractivity contribution in [2.24, 2.45) is 0 Å². The molecule has 1 aliphatic rings. The fraction of sp³-hybridized carbons (Fsp3) is 0.0909. The van der Waals surface area contributed by atoms with Gasteiger partial charge in [0.2, 0.25) is 0 Å². The zero-order valence-electron chi connectivity index (χ0n) is 15.8. The van der Waals surface area contributed by atoms with Gasteiger partial charge in [0, 0.05) is 10.6 Å². The standard InChI is InChI=1S/C22H16ClN3O3S/c1-28-18-8-3-2-7-16(18)26-20(25-21(27)15(12-24)22(26)30)19-10-9-17(29-19)13-5-4-6-14(23)11-13/h2-11,20,30H,1H3,(H,25,27). The minimum Gasteiger partial charge on any atom is -0.495 e. The Bertz CT molecular complexity index is 1200. The lowest BCUT2D eigenvalue weighted by molar-refractivity contribution is -0.118. The van der Waals surface area contributed by atoms with E-state index < -0.39 is 12.1 Å². The van der Waals surface area contributed by atoms with E-state index in [-0.39, 0.29) is 10.6 Å². The number of hydrogen-bond acceptors (Lipinski definition) is 6. The number of carbonyl (C=O) groups is 1. The number of rotatable bonds is 4. The topological polar surface area (TPSA) is 78.5 Å². The van der Waals surface area contributed by atoms with Crippen molar-refractivity contribution in [1.82, 2.24) is 5.32 Å². The highest BCUT2D eigenvalue weighted by atomic mass is 35.5. The first-order valence-electron chi connectivity index (χ1n) is 8.95. The molecule has 0 saturated carbocycles. The van der Waals surface area contributed by atoms with Gasteiger partial charge in [-0.2, -0.15) is 5.26 Å². The molecule has 0 aliphatic carbocycles. The monoisotopic (exact) mass is 437 g/mol. The number of halogens is 1. The molecule has 0 spiro atoms. The molecule has 1 aromatic heterocycles. The number of benzene rings is 2. The highest BCUT2D eigenvalue weighted by Crippen LogP contribution is 2.41. The summed E-state index contributed by atoms with van der Waals surface area (Å²) in [5.41, 5.74) is 1.34. The average Bonchev–Trinajstić information content (AvgIpc) is 3.24. The first-order chi connectivity index (χ1) is 14.5. The summed E-state index contributed by atoms with van der Waals surface area (Å²) in [6, 6.07) is 20.0. The molecule has 2 heterocycles. The molecule has 2 aromatic carbocycles. The van der Waals surface area contributed by atoms with Crippen molar-refractivity contribution in [1.29, 1.82) is 5.26 Å². The normalized spacial score (nSPS) is 16.3. The SMILES string of the molecule is COc1ccccc1N1C(S)=C(C#N)C(=O)NC1c1ccc(-c2cccc(Cl)c2)o1. The van der Waals surface area contributed by atoms with Gasteiger partial charge in [0.15, 0.2) is 6.17 Å². The van der Waals surface area contributed by atoms with Gasteiger partial charge >= 0.3 is 0 Å². The zero-order chi connectivity index (χ0) is 21.3. The Labute approximate surface area is 183 Å². The van der Waals surface area contributed by atoms with E-state index in [1.54, 1.807) is 42.3 Å². The Morgan fingerprint density at radius 1 is 1.20 bits per heavy atom. The number of methoxy groups -OCH3 is 1. The van der Waals surface area contributed by atoms with Crippen LogP contribution in [0.3, 0.4) is 0 Å². The number of ether oxygens (including phenoxy) is 1. The lowest BCUT2D eigenvalue weighted by Gasteiger charge is -2.37. The molecule has 150 valence electrons. The fourth-order valence-electron chi connectivity index (χ4n) is 3.28. The summed E-state index contributed by atoms with van der Waals surface area (Å²) in [4.78, 5) is 14.2. The number of amides is 1. The van der Waals surface area contributed by atoms with E-state index in [9.17, 15) is 10.1 Å². The number of furan rings is 1. The third-order valence-electron chi connectivity index (χ3n) is 4.67. The molecule has 1 amide bonds. The Kier molecular flexibility index (Phi) is 5.44. The summed E-state index contributed by atoms with van der Waals surface area (Å²) >= 11 is 10.6. The number of anilines is 1. The van der Waals surface area contributed by atoms with Crippen LogP contribution in [0.2, 0.25) is 5.02 Å². The Morgan fingerprint density at radius 2 is 2.00 bits per heavy atom. The number of para-hydroxylation sites is 2. The highest BCUT2D eigenvalue weighted by Gasteiger charge is 2.37. The second kappa shape index (κ2) is 8.19. The first-order valence-corrected chi connectivity index (χ1v) is 9.78. The molecule has 0 fully saturated rings. The molecule has 1 aliphatic heterocycles. The van der Waals surface area contributed by atoms with E-state index in [4.69, 9.17) is 20.8 Å². The van der Waals surface area contributed by atoms with Crippen molar-refractivity contribution in [3.8, 4) is 23.1 Å². The molecule has 1 atom stereocenters. The molecule has 1 unspecified atom stereocenters. The molecule has 0 radical (unpaired) electrons. The van der Waals surface area contributed by atoms with E-state index in [2.05, 4.69) is 17.9 Å². The van der Waals surface area contributed by atoms with Gasteiger partial charge in [0.25, 0.3) is 5.91 Å². The second-order valence-electron chi connectivity index (χ2n) is 6.44. The van der Waals surface area contributed by atoms with Gasteiger partial charge in [0.05, 0.1) is 17.8 Å². The summed E-state index contributed by atoms with van der Waals surface area (Å²) in [6.07, 6.45) is -0.730. The maximum atomic E-state index is 12.5. The molecular formula is C22H16ClN3O3S. The number of nitrogens with zero attached hydrogens (tertiary/aromatic N) is 2. The van der Waals surface area contributed by atoms with Gasteiger partial charge in [-0.25, -0.2) is 0 Å². The van der Waals surface area contributed by atoms with Gasteiger partial charge in [-0.1, -0.05) is 35.9 Å². The average molecular weight is 438 g/mol. The quantitative estimate of drug-likeness (QED) is 0.567. The lowest BCUT2D eigenvalue weighted by atomic mass is 10.1. The van der Waals surface area contributed by atoms with Crippen molar-refractivity contribution >= 4 is 35.8 Å². The molecule has 3 aromatic rings. The third-order valence-corrected chi connectivity index (χ3v) is 5.34. The van der Waals surface area contributed by atoms with Crippen LogP contribution in [0, 0.1) is 11.3 Å². The van der Waals surface area contributed by atoms with Gasteiger partial charge in [-0.05, 0) is 36.4 Å². The summed E-state index contributed by atoms with van der Waals surface area (Å²) in [6.45, 7) is 0. The van der Waals surface area contributed by atoms with Gasteiger partial charge in [-0.15, -0.1) is 12.6 Å². The summed E-state index contributed by atoms with van der Waals surface area (Å²) in [5, 5.41) is 13.1. The molecule has 0 bridgehead atoms. The van der Waals surface area contributed by atoms with Crippen LogP contribution >= 0.6 is 24.2 Å². The van der Waals surface area contributed by atoms with E-state index in [1.807, 2.05) is 36.4 Å². The Hall–Kier alpha value is -3.34. The Balaban J connectivity index is 1.83. The van der Waals surface area contributed by atoms with Crippen molar-refractivity contribution in [3.05, 3.63) is 82.0 Å². The van der Waals surface area contributed by atoms with Crippen LogP contribution in [-0.2, 0) is 4.79 Å². The first kappa shape index (κ1) is 20.0. The zero-order valence-corrected chi connectivity index (χ0v) is 17.4. The molecular weight excluding hydrogens is 422 g/mol. The van der Waals surface area contributed by atoms with E-state index >= 15 is 0 Å². The number of nitrogens with one attached hydrogen (secondary N) is 1. The van der Waals surface area contributed by atoms with E-state index in [1.165, 1.54) is 0 Å². The van der Waals surface area contributed by atoms with Crippen LogP contribution in [0.15, 0.2) is 75.7 Å². The fourth-order valence-corrected chi connectivity index (χ4v) is 3.85. The number of carbonyl (C=O) groups excluding carboxylic acids is 1. The Morgan fingerprint density at radius 3 is 2.73 bits per heavy atom. The van der Waals surface area contributed by atoms with Crippen molar-refractivity contribution < 1.29 is 13.9 Å². The van der Waals surface area contributed by atoms with Gasteiger partial charge < -0.3 is 19.4 Å². The van der Waals surface area contributed by atoms with Crippen molar-refractivity contribution in [2.75, 3.05) is 12.0 Å². The summed E-state index contributed by atoms with van der Waals surface area (Å²) in [7, 11) is 1.55. The summed E-state index contributed by atoms with van der Waals surface area (Å²) < 4.78 is 11.5. The largest absolute Gasteiger partial charge is 0.495 e. The van der Waals surface area contributed by atoms with Crippen LogP contribution in [0.5, 0.6) is 5.75 Å². The van der Waals surface area contributed by atoms with Crippen LogP contribution in [0.4, 0.5) is 5.69 Å². The molecule has 6 nitrogen and oxygen atoms in total. The molecule has 1 N–H and O–H groups in total. The van der Waals surface area contributed by atoms with Gasteiger partial charge in [-0.3, -0.25) is 4.79 Å². The second-order valence-corrected chi connectivity index (χ2v) is 7.30. The number of hydrogen-bond donors (Lipinski definition) is 2. The summed E-state index contributed by atoms with van der Waals surface area (Å²) in [5.74, 6) is 1.09. The van der Waals surface area contributed by atoms with Crippen LogP contribution in [-0.4, -0.2) is 13.0 Å². The van der Waals surface area contributed by atoms with Crippen molar-refractivity contribution in [2.45, 2.75) is 6.17 Å². The van der Waals surface area contributed by atoms with E-state index in [0.717, 1.165) is 5.56 Å². The molecule has 8 heteroatoms. The molecule has 30 heavy (non-hydrogen) atoms. The van der Waals surface area contributed by atoms with Crippen LogP contribution < -0.4 is 15.0 Å². The predicted molar refractivity (Wildman–Crippen MR) is 117 cm³/mol. The lowest BCUT2D eigenvalue weighted by Crippen LogP contribution is -2.46. The van der Waals surface area contributed by atoms with Gasteiger partial charge in [0.1, 0.15) is 28.9 Å². The van der Waals surface area contributed by atoms with E-state index in [0.29, 0.717) is 28.0 Å². The predicted octanol–water partition coefficient (Wildman–Crippen LogP) is 4.91. The van der Waals surface area contributed by atoms with Crippen LogP contribution in [0.1, 0.15) is 11.9 Å². The minimum atomic E-state index is -0.730. The molecule has 4 rings (SSSR count). The molecule has 0 saturated heterocycles. The highest BCUT2D eigenvalue weighted by molar-refractivity contribution is 7.84. The maximum absolute atomic E-state index is 12.5. The smallest absolute Gasteiger partial charge is 0.266 e.